The lowest BCUT2D eigenvalue weighted by Crippen LogP contribution is -2.35. The first kappa shape index (κ1) is 18.9. The van der Waals surface area contributed by atoms with Gasteiger partial charge in [-0.05, 0) is 43.4 Å². The number of aryl methyl sites for hydroxylation is 2. The van der Waals surface area contributed by atoms with Crippen LogP contribution in [0.5, 0.6) is 5.88 Å². The van der Waals surface area contributed by atoms with Gasteiger partial charge in [0.15, 0.2) is 0 Å². The van der Waals surface area contributed by atoms with Gasteiger partial charge in [0.2, 0.25) is 5.88 Å². The Bertz CT molecular complexity index is 871. The average molecular weight is 383 g/mol. The molecule has 0 unspecified atom stereocenters. The second-order valence-electron chi connectivity index (χ2n) is 7.52. The summed E-state index contributed by atoms with van der Waals surface area (Å²) in [4.78, 5) is 21.8. The molecule has 1 aromatic carbocycles. The highest BCUT2D eigenvalue weighted by Gasteiger charge is 2.26. The quantitative estimate of drug-likeness (QED) is 0.814. The Morgan fingerprint density at radius 2 is 2.00 bits per heavy atom. The van der Waals surface area contributed by atoms with E-state index in [0.717, 1.165) is 44.5 Å². The zero-order chi connectivity index (χ0) is 19.5. The Kier molecular flexibility index (Phi) is 5.57. The van der Waals surface area contributed by atoms with Crippen molar-refractivity contribution in [2.75, 3.05) is 33.3 Å². The number of methoxy groups -OCH3 is 1. The number of fused-ring (bicyclic) bond motifs is 1. The number of pyridine rings is 1. The summed E-state index contributed by atoms with van der Waals surface area (Å²) in [7, 11) is 1.57. The minimum atomic E-state index is -0.173. The molecule has 1 amide bonds. The lowest BCUT2D eigenvalue weighted by atomic mass is 10.1. The minimum absolute atomic E-state index is 0.0215. The molecule has 1 aromatic heterocycles. The molecule has 0 spiro atoms. The fourth-order valence-corrected chi connectivity index (χ4v) is 4.13. The molecular formula is C22H26FN3O2. The molecule has 0 atom stereocenters. The van der Waals surface area contributed by atoms with Gasteiger partial charge in [0, 0.05) is 44.0 Å². The molecule has 2 aromatic rings. The first-order valence-corrected chi connectivity index (χ1v) is 9.97. The van der Waals surface area contributed by atoms with Crippen LogP contribution in [0.1, 0.15) is 40.0 Å². The standard InChI is InChI=1S/C22H26FN3O2/c1-28-21-18(14-16-7-4-9-20(16)24-21)22(27)26-11-5-10-25(12-13-26)15-17-6-2-3-8-19(17)23/h2-3,6,8,14H,4-5,7,9-13,15H2,1H3. The Morgan fingerprint density at radius 1 is 1.14 bits per heavy atom. The number of halogens is 1. The summed E-state index contributed by atoms with van der Waals surface area (Å²) in [5.41, 5.74) is 3.48. The summed E-state index contributed by atoms with van der Waals surface area (Å²) in [5, 5.41) is 0. The zero-order valence-corrected chi connectivity index (χ0v) is 16.3. The summed E-state index contributed by atoms with van der Waals surface area (Å²) in [6.07, 6.45) is 3.87. The van der Waals surface area contributed by atoms with Gasteiger partial charge in [-0.2, -0.15) is 0 Å². The van der Waals surface area contributed by atoms with Crippen LogP contribution < -0.4 is 4.74 Å². The van der Waals surface area contributed by atoms with Gasteiger partial charge in [0.05, 0.1) is 7.11 Å². The van der Waals surface area contributed by atoms with Gasteiger partial charge < -0.3 is 9.64 Å². The molecule has 28 heavy (non-hydrogen) atoms. The van der Waals surface area contributed by atoms with Crippen molar-refractivity contribution in [1.29, 1.82) is 0 Å². The molecule has 1 aliphatic heterocycles. The van der Waals surface area contributed by atoms with Crippen LogP contribution in [0.15, 0.2) is 30.3 Å². The van der Waals surface area contributed by atoms with Crippen molar-refractivity contribution in [1.82, 2.24) is 14.8 Å². The lowest BCUT2D eigenvalue weighted by molar-refractivity contribution is 0.0756. The largest absolute Gasteiger partial charge is 0.480 e. The van der Waals surface area contributed by atoms with E-state index in [1.54, 1.807) is 13.2 Å². The van der Waals surface area contributed by atoms with E-state index >= 15 is 0 Å². The third-order valence-electron chi connectivity index (χ3n) is 5.67. The number of benzene rings is 1. The molecule has 1 fully saturated rings. The highest BCUT2D eigenvalue weighted by atomic mass is 19.1. The number of carbonyl (C=O) groups is 1. The van der Waals surface area contributed by atoms with Gasteiger partial charge >= 0.3 is 0 Å². The van der Waals surface area contributed by atoms with Crippen molar-refractivity contribution in [2.45, 2.75) is 32.2 Å². The van der Waals surface area contributed by atoms with E-state index in [1.165, 1.54) is 11.6 Å². The van der Waals surface area contributed by atoms with Crippen LogP contribution >= 0.6 is 0 Å². The molecule has 2 heterocycles. The summed E-state index contributed by atoms with van der Waals surface area (Å²) in [6.45, 7) is 3.44. The first-order valence-electron chi connectivity index (χ1n) is 9.97. The number of ether oxygens (including phenoxy) is 1. The molecule has 1 saturated heterocycles. The molecule has 0 N–H and O–H groups in total. The zero-order valence-electron chi connectivity index (χ0n) is 16.3. The van der Waals surface area contributed by atoms with Crippen molar-refractivity contribution in [3.05, 3.63) is 58.5 Å². The third kappa shape index (κ3) is 3.87. The van der Waals surface area contributed by atoms with Crippen molar-refractivity contribution in [3.8, 4) is 5.88 Å². The minimum Gasteiger partial charge on any atom is -0.480 e. The highest BCUT2D eigenvalue weighted by molar-refractivity contribution is 5.96. The van der Waals surface area contributed by atoms with Crippen LogP contribution in [0.25, 0.3) is 0 Å². The second-order valence-corrected chi connectivity index (χ2v) is 7.52. The van der Waals surface area contributed by atoms with Crippen LogP contribution in [-0.4, -0.2) is 54.0 Å². The van der Waals surface area contributed by atoms with Crippen molar-refractivity contribution in [3.63, 3.8) is 0 Å². The van der Waals surface area contributed by atoms with Crippen molar-refractivity contribution >= 4 is 5.91 Å². The number of aromatic nitrogens is 1. The Labute approximate surface area is 165 Å². The molecular weight excluding hydrogens is 357 g/mol. The predicted molar refractivity (Wildman–Crippen MR) is 105 cm³/mol. The highest BCUT2D eigenvalue weighted by Crippen LogP contribution is 2.27. The Morgan fingerprint density at radius 3 is 2.82 bits per heavy atom. The summed E-state index contributed by atoms with van der Waals surface area (Å²) in [6, 6.07) is 8.86. The molecule has 1 aliphatic carbocycles. The maximum absolute atomic E-state index is 14.0. The maximum Gasteiger partial charge on any atom is 0.259 e. The van der Waals surface area contributed by atoms with Crippen molar-refractivity contribution < 1.29 is 13.9 Å². The lowest BCUT2D eigenvalue weighted by Gasteiger charge is -2.23. The van der Waals surface area contributed by atoms with E-state index in [4.69, 9.17) is 4.74 Å². The van der Waals surface area contributed by atoms with Gasteiger partial charge in [0.25, 0.3) is 5.91 Å². The molecule has 148 valence electrons. The molecule has 2 aliphatic rings. The predicted octanol–water partition coefficient (Wildman–Crippen LogP) is 3.07. The van der Waals surface area contributed by atoms with E-state index in [9.17, 15) is 9.18 Å². The monoisotopic (exact) mass is 383 g/mol. The SMILES string of the molecule is COc1nc2c(cc1C(=O)N1CCCN(Cc3ccccc3F)CC1)CCC2. The van der Waals surface area contributed by atoms with Crippen LogP contribution in [0.2, 0.25) is 0 Å². The van der Waals surface area contributed by atoms with Gasteiger partial charge in [-0.1, -0.05) is 18.2 Å². The van der Waals surface area contributed by atoms with Crippen molar-refractivity contribution in [2.24, 2.45) is 0 Å². The first-order chi connectivity index (χ1) is 13.7. The number of hydrogen-bond donors (Lipinski definition) is 0. The molecule has 0 saturated carbocycles. The van der Waals surface area contributed by atoms with E-state index in [1.807, 2.05) is 23.1 Å². The van der Waals surface area contributed by atoms with E-state index in [2.05, 4.69) is 9.88 Å². The molecule has 0 radical (unpaired) electrons. The van der Waals surface area contributed by atoms with Gasteiger partial charge in [0.1, 0.15) is 11.4 Å². The second kappa shape index (κ2) is 8.27. The Balaban J connectivity index is 1.46. The fourth-order valence-electron chi connectivity index (χ4n) is 4.13. The number of hydrogen-bond acceptors (Lipinski definition) is 4. The molecule has 0 bridgehead atoms. The smallest absolute Gasteiger partial charge is 0.259 e. The number of amides is 1. The van der Waals surface area contributed by atoms with Crippen LogP contribution in [0.4, 0.5) is 4.39 Å². The van der Waals surface area contributed by atoms with E-state index < -0.39 is 0 Å². The van der Waals surface area contributed by atoms with Crippen LogP contribution in [-0.2, 0) is 19.4 Å². The third-order valence-corrected chi connectivity index (χ3v) is 5.67. The normalized spacial score (nSPS) is 17.3. The van der Waals surface area contributed by atoms with E-state index in [0.29, 0.717) is 36.6 Å². The number of rotatable bonds is 4. The molecule has 5 nitrogen and oxygen atoms in total. The summed E-state index contributed by atoms with van der Waals surface area (Å²) < 4.78 is 19.4. The summed E-state index contributed by atoms with van der Waals surface area (Å²) >= 11 is 0. The molecule has 4 rings (SSSR count). The van der Waals surface area contributed by atoms with Gasteiger partial charge in [-0.3, -0.25) is 9.69 Å². The topological polar surface area (TPSA) is 45.7 Å². The average Bonchev–Trinajstić information content (AvgIpc) is 3.05. The van der Waals surface area contributed by atoms with E-state index in [-0.39, 0.29) is 11.7 Å². The summed E-state index contributed by atoms with van der Waals surface area (Å²) in [5.74, 6) is 0.235. The number of nitrogens with zero attached hydrogens (tertiary/aromatic N) is 3. The number of carbonyl (C=O) groups excluding carboxylic acids is 1. The maximum atomic E-state index is 14.0. The van der Waals surface area contributed by atoms with Crippen LogP contribution in [0.3, 0.4) is 0 Å². The van der Waals surface area contributed by atoms with Gasteiger partial charge in [-0.25, -0.2) is 9.37 Å². The molecule has 6 heteroatoms. The fraction of sp³-hybridized carbons (Fsp3) is 0.455. The van der Waals surface area contributed by atoms with Gasteiger partial charge in [-0.15, -0.1) is 0 Å². The Hall–Kier alpha value is -2.47. The van der Waals surface area contributed by atoms with Crippen LogP contribution in [0, 0.1) is 5.82 Å².